The summed E-state index contributed by atoms with van der Waals surface area (Å²) in [5, 5.41) is 15.6. The number of ether oxygens (including phenoxy) is 1. The average Bonchev–Trinajstić information content (AvgIpc) is 2.60. The van der Waals surface area contributed by atoms with Gasteiger partial charge in [-0.1, -0.05) is 18.2 Å². The number of benzene rings is 1. The highest BCUT2D eigenvalue weighted by atomic mass is 16.5. The molecule has 3 rings (SSSR count). The molecule has 2 aliphatic rings. The van der Waals surface area contributed by atoms with Crippen LogP contribution in [0.1, 0.15) is 35.2 Å². The summed E-state index contributed by atoms with van der Waals surface area (Å²) in [6, 6.07) is 6.66. The van der Waals surface area contributed by atoms with E-state index in [-0.39, 0.29) is 41.5 Å². The molecule has 0 aromatic heterocycles. The summed E-state index contributed by atoms with van der Waals surface area (Å²) in [6.45, 7) is 0. The van der Waals surface area contributed by atoms with Crippen molar-refractivity contribution in [1.82, 2.24) is 10.6 Å². The molecule has 0 radical (unpaired) electrons. The lowest BCUT2D eigenvalue weighted by Gasteiger charge is -2.42. The minimum absolute atomic E-state index is 0.0372. The number of esters is 1. The summed E-state index contributed by atoms with van der Waals surface area (Å²) < 4.78 is 4.83. The Balaban J connectivity index is 1.72. The van der Waals surface area contributed by atoms with Gasteiger partial charge in [0.05, 0.1) is 30.7 Å². The zero-order valence-corrected chi connectivity index (χ0v) is 14.0. The normalized spacial score (nSPS) is 28.6. The SMILES string of the molecule is COC(=O)C1CCC2C(=O)NC(Cc3ccccc3C(=O)O)NC2C1. The number of aromatic carboxylic acids is 1. The third-order valence-corrected chi connectivity index (χ3v) is 5.13. The first kappa shape index (κ1) is 17.4. The highest BCUT2D eigenvalue weighted by Crippen LogP contribution is 2.32. The summed E-state index contributed by atoms with van der Waals surface area (Å²) in [5.41, 5.74) is 0.892. The van der Waals surface area contributed by atoms with Crippen LogP contribution in [0, 0.1) is 11.8 Å². The number of carbonyl (C=O) groups is 3. The molecular weight excluding hydrogens is 324 g/mol. The minimum Gasteiger partial charge on any atom is -0.478 e. The second-order valence-electron chi connectivity index (χ2n) is 6.64. The Bertz CT molecular complexity index is 690. The van der Waals surface area contributed by atoms with Crippen LogP contribution in [0.25, 0.3) is 0 Å². The zero-order chi connectivity index (χ0) is 18.0. The number of hydrogen-bond acceptors (Lipinski definition) is 5. The number of nitrogens with one attached hydrogen (secondary N) is 2. The molecule has 1 aliphatic carbocycles. The van der Waals surface area contributed by atoms with Gasteiger partial charge in [0.2, 0.25) is 5.91 Å². The molecule has 134 valence electrons. The van der Waals surface area contributed by atoms with E-state index in [0.29, 0.717) is 31.2 Å². The smallest absolute Gasteiger partial charge is 0.335 e. The molecule has 25 heavy (non-hydrogen) atoms. The van der Waals surface area contributed by atoms with E-state index < -0.39 is 5.97 Å². The quantitative estimate of drug-likeness (QED) is 0.701. The van der Waals surface area contributed by atoms with Gasteiger partial charge in [0.1, 0.15) is 0 Å². The van der Waals surface area contributed by atoms with Gasteiger partial charge in [-0.2, -0.15) is 0 Å². The molecular formula is C18H22N2O5. The Morgan fingerprint density at radius 1 is 1.28 bits per heavy atom. The number of carboxylic acids is 1. The van der Waals surface area contributed by atoms with Gasteiger partial charge in [0.15, 0.2) is 0 Å². The van der Waals surface area contributed by atoms with Crippen LogP contribution in [0.4, 0.5) is 0 Å². The van der Waals surface area contributed by atoms with Gasteiger partial charge in [-0.3, -0.25) is 14.9 Å². The highest BCUT2D eigenvalue weighted by molar-refractivity contribution is 5.89. The van der Waals surface area contributed by atoms with Gasteiger partial charge in [-0.15, -0.1) is 0 Å². The lowest BCUT2D eigenvalue weighted by Crippen LogP contribution is -2.63. The number of rotatable bonds is 4. The molecule has 4 atom stereocenters. The maximum atomic E-state index is 12.4. The van der Waals surface area contributed by atoms with Crippen LogP contribution in [0.15, 0.2) is 24.3 Å². The minimum atomic E-state index is -0.987. The first-order valence-electron chi connectivity index (χ1n) is 8.45. The molecule has 0 bridgehead atoms. The summed E-state index contributed by atoms with van der Waals surface area (Å²) in [4.78, 5) is 35.6. The summed E-state index contributed by atoms with van der Waals surface area (Å²) in [5.74, 6) is -1.62. The molecule has 0 spiro atoms. The van der Waals surface area contributed by atoms with Crippen molar-refractivity contribution in [3.63, 3.8) is 0 Å². The Hall–Kier alpha value is -2.41. The molecule has 4 unspecified atom stereocenters. The number of methoxy groups -OCH3 is 1. The molecule has 1 aliphatic heterocycles. The van der Waals surface area contributed by atoms with Crippen molar-refractivity contribution in [2.45, 2.75) is 37.9 Å². The topological polar surface area (TPSA) is 105 Å². The predicted octanol–water partition coefficient (Wildman–Crippen LogP) is 0.931. The zero-order valence-electron chi connectivity index (χ0n) is 14.0. The van der Waals surface area contributed by atoms with Crippen LogP contribution in [0.5, 0.6) is 0 Å². The lowest BCUT2D eigenvalue weighted by atomic mass is 9.76. The van der Waals surface area contributed by atoms with E-state index in [1.807, 2.05) is 0 Å². The molecule has 7 heteroatoms. The van der Waals surface area contributed by atoms with Crippen LogP contribution in [-0.2, 0) is 20.7 Å². The van der Waals surface area contributed by atoms with Crippen molar-refractivity contribution in [2.24, 2.45) is 11.8 Å². The van der Waals surface area contributed by atoms with Crippen LogP contribution in [0.2, 0.25) is 0 Å². The average molecular weight is 346 g/mol. The maximum absolute atomic E-state index is 12.4. The van der Waals surface area contributed by atoms with Gasteiger partial charge in [0.25, 0.3) is 0 Å². The molecule has 7 nitrogen and oxygen atoms in total. The van der Waals surface area contributed by atoms with Crippen molar-refractivity contribution in [1.29, 1.82) is 0 Å². The number of fused-ring (bicyclic) bond motifs is 1. The van der Waals surface area contributed by atoms with E-state index in [0.717, 1.165) is 0 Å². The fraction of sp³-hybridized carbons (Fsp3) is 0.500. The van der Waals surface area contributed by atoms with Gasteiger partial charge in [-0.05, 0) is 30.9 Å². The monoisotopic (exact) mass is 346 g/mol. The number of amides is 1. The van der Waals surface area contributed by atoms with E-state index in [2.05, 4.69) is 10.6 Å². The first-order valence-corrected chi connectivity index (χ1v) is 8.45. The van der Waals surface area contributed by atoms with Crippen LogP contribution < -0.4 is 10.6 Å². The van der Waals surface area contributed by atoms with Crippen LogP contribution >= 0.6 is 0 Å². The molecule has 1 amide bonds. The molecule has 1 aromatic carbocycles. The third kappa shape index (κ3) is 3.66. The lowest BCUT2D eigenvalue weighted by molar-refractivity contribution is -0.149. The molecule has 1 aromatic rings. The van der Waals surface area contributed by atoms with Crippen LogP contribution in [0.3, 0.4) is 0 Å². The molecule has 2 fully saturated rings. The first-order chi connectivity index (χ1) is 12.0. The van der Waals surface area contributed by atoms with Crippen molar-refractivity contribution >= 4 is 17.8 Å². The van der Waals surface area contributed by atoms with Crippen LogP contribution in [-0.4, -0.2) is 42.3 Å². The van der Waals surface area contributed by atoms with Crippen molar-refractivity contribution in [3.8, 4) is 0 Å². The number of carbonyl (C=O) groups excluding carboxylic acids is 2. The summed E-state index contributed by atoms with van der Waals surface area (Å²) in [6.07, 6.45) is 1.87. The van der Waals surface area contributed by atoms with Gasteiger partial charge in [0, 0.05) is 12.5 Å². The van der Waals surface area contributed by atoms with Crippen molar-refractivity contribution in [2.75, 3.05) is 7.11 Å². The van der Waals surface area contributed by atoms with Gasteiger partial charge in [-0.25, -0.2) is 4.79 Å². The Morgan fingerprint density at radius 2 is 2.04 bits per heavy atom. The Morgan fingerprint density at radius 3 is 2.76 bits per heavy atom. The fourth-order valence-corrected chi connectivity index (χ4v) is 3.86. The molecule has 1 heterocycles. The molecule has 1 saturated heterocycles. The standard InChI is InChI=1S/C18H22N2O5/c1-25-18(24)11-6-7-13-14(8-11)19-15(20-16(13)21)9-10-4-2-3-5-12(10)17(22)23/h2-5,11,13-15,19H,6-9H2,1H3,(H,20,21)(H,22,23). The molecule has 3 N–H and O–H groups in total. The second-order valence-corrected chi connectivity index (χ2v) is 6.64. The summed E-state index contributed by atoms with van der Waals surface area (Å²) in [7, 11) is 1.38. The largest absolute Gasteiger partial charge is 0.478 e. The van der Waals surface area contributed by atoms with E-state index in [1.165, 1.54) is 7.11 Å². The van der Waals surface area contributed by atoms with Gasteiger partial charge >= 0.3 is 11.9 Å². The second kappa shape index (κ2) is 7.23. The predicted molar refractivity (Wildman–Crippen MR) is 88.8 cm³/mol. The fourth-order valence-electron chi connectivity index (χ4n) is 3.86. The number of carboxylic acid groups (broad SMARTS) is 1. The van der Waals surface area contributed by atoms with E-state index in [4.69, 9.17) is 4.74 Å². The van der Waals surface area contributed by atoms with Gasteiger partial charge < -0.3 is 15.2 Å². The highest BCUT2D eigenvalue weighted by Gasteiger charge is 2.42. The van der Waals surface area contributed by atoms with Crippen molar-refractivity contribution < 1.29 is 24.2 Å². The summed E-state index contributed by atoms with van der Waals surface area (Å²) >= 11 is 0. The maximum Gasteiger partial charge on any atom is 0.335 e. The molecule has 1 saturated carbocycles. The third-order valence-electron chi connectivity index (χ3n) is 5.13. The number of hydrogen-bond donors (Lipinski definition) is 3. The van der Waals surface area contributed by atoms with E-state index >= 15 is 0 Å². The Kier molecular flexibility index (Phi) is 5.03. The van der Waals surface area contributed by atoms with Crippen molar-refractivity contribution in [3.05, 3.63) is 35.4 Å². The van der Waals surface area contributed by atoms with E-state index in [1.54, 1.807) is 24.3 Å². The van der Waals surface area contributed by atoms with E-state index in [9.17, 15) is 19.5 Å². The Labute approximate surface area is 145 Å².